The predicted octanol–water partition coefficient (Wildman–Crippen LogP) is 3.50. The summed E-state index contributed by atoms with van der Waals surface area (Å²) in [7, 11) is -3.86. The van der Waals surface area contributed by atoms with Crippen LogP contribution in [-0.2, 0) is 16.6 Å². The zero-order chi connectivity index (χ0) is 23.5. The number of aryl methyl sites for hydroxylation is 1. The Morgan fingerprint density at radius 2 is 1.61 bits per heavy atom. The lowest BCUT2D eigenvalue weighted by molar-refractivity contribution is -0.0238. The molecule has 1 aliphatic heterocycles. The van der Waals surface area contributed by atoms with Crippen LogP contribution in [0.3, 0.4) is 0 Å². The summed E-state index contributed by atoms with van der Waals surface area (Å²) < 4.78 is 28.5. The predicted molar refractivity (Wildman–Crippen MR) is 127 cm³/mol. The van der Waals surface area contributed by atoms with Crippen molar-refractivity contribution >= 4 is 10.0 Å². The number of nitrogens with zero attached hydrogens (tertiary/aromatic N) is 3. The summed E-state index contributed by atoms with van der Waals surface area (Å²) in [5, 5.41) is 20.7. The topological polar surface area (TPSA) is 84.6 Å². The van der Waals surface area contributed by atoms with Crippen LogP contribution in [0.2, 0.25) is 0 Å². The lowest BCUT2D eigenvalue weighted by Gasteiger charge is -2.50. The Morgan fingerprint density at radius 3 is 2.18 bits per heavy atom. The Kier molecular flexibility index (Phi) is 6.63. The van der Waals surface area contributed by atoms with Gasteiger partial charge in [-0.25, -0.2) is 8.42 Å². The van der Waals surface area contributed by atoms with Crippen LogP contribution in [0.1, 0.15) is 22.7 Å². The minimum absolute atomic E-state index is 0.119. The summed E-state index contributed by atoms with van der Waals surface area (Å²) in [4.78, 5) is 2.12. The van der Waals surface area contributed by atoms with Crippen molar-refractivity contribution in [2.45, 2.75) is 29.9 Å². The van der Waals surface area contributed by atoms with E-state index in [4.69, 9.17) is 0 Å². The minimum atomic E-state index is -3.86. The second-order valence-corrected chi connectivity index (χ2v) is 10.4. The molecule has 170 valence electrons. The average Bonchev–Trinajstić information content (AvgIpc) is 2.85. The zero-order valence-electron chi connectivity index (χ0n) is 18.5. The van der Waals surface area contributed by atoms with Crippen LogP contribution in [-0.4, -0.2) is 48.0 Å². The van der Waals surface area contributed by atoms with Crippen LogP contribution in [0, 0.1) is 18.3 Å². The molecule has 1 saturated heterocycles. The highest BCUT2D eigenvalue weighted by Crippen LogP contribution is 2.38. The van der Waals surface area contributed by atoms with E-state index in [-0.39, 0.29) is 18.0 Å². The molecule has 7 heteroatoms. The number of sulfonamides is 1. The van der Waals surface area contributed by atoms with E-state index >= 15 is 0 Å². The molecule has 0 spiro atoms. The molecule has 0 saturated carbocycles. The van der Waals surface area contributed by atoms with Crippen molar-refractivity contribution in [3.8, 4) is 6.07 Å². The van der Waals surface area contributed by atoms with Crippen molar-refractivity contribution in [1.29, 1.82) is 5.26 Å². The SMILES string of the molecule is Cc1ccc(S(=O)(=O)N2C[C@H](c3ccccc3)N(Cc3ccccc3)[C@](C#N)(CO)C2)cc1. The summed E-state index contributed by atoms with van der Waals surface area (Å²) in [6.45, 7) is 1.88. The molecule has 3 aromatic rings. The molecular formula is C26H27N3O3S. The summed E-state index contributed by atoms with van der Waals surface area (Å²) in [5.41, 5.74) is 1.45. The van der Waals surface area contributed by atoms with Crippen molar-refractivity contribution in [2.24, 2.45) is 0 Å². The Hall–Kier alpha value is -3.02. The van der Waals surface area contributed by atoms with Gasteiger partial charge in [-0.1, -0.05) is 78.4 Å². The molecule has 0 unspecified atom stereocenters. The number of aliphatic hydroxyl groups is 1. The third kappa shape index (κ3) is 4.56. The van der Waals surface area contributed by atoms with Crippen molar-refractivity contribution in [2.75, 3.05) is 19.7 Å². The fourth-order valence-electron chi connectivity index (χ4n) is 4.36. The Balaban J connectivity index is 1.80. The van der Waals surface area contributed by atoms with Gasteiger partial charge in [0.25, 0.3) is 0 Å². The van der Waals surface area contributed by atoms with E-state index in [1.54, 1.807) is 24.3 Å². The molecule has 0 amide bonds. The van der Waals surface area contributed by atoms with Crippen molar-refractivity contribution in [3.05, 3.63) is 102 Å². The fourth-order valence-corrected chi connectivity index (χ4v) is 5.86. The van der Waals surface area contributed by atoms with Gasteiger partial charge in [0.05, 0.1) is 23.6 Å². The van der Waals surface area contributed by atoms with Crippen LogP contribution in [0.5, 0.6) is 0 Å². The smallest absolute Gasteiger partial charge is 0.243 e. The molecule has 1 N–H and O–H groups in total. The summed E-state index contributed by atoms with van der Waals surface area (Å²) in [5.74, 6) is 0. The number of benzene rings is 3. The molecule has 0 bridgehead atoms. The van der Waals surface area contributed by atoms with E-state index < -0.39 is 28.2 Å². The van der Waals surface area contributed by atoms with Gasteiger partial charge in [0.1, 0.15) is 5.54 Å². The summed E-state index contributed by atoms with van der Waals surface area (Å²) >= 11 is 0. The first-order chi connectivity index (χ1) is 15.9. The minimum Gasteiger partial charge on any atom is -0.393 e. The van der Waals surface area contributed by atoms with E-state index in [0.717, 1.165) is 16.7 Å². The van der Waals surface area contributed by atoms with Gasteiger partial charge in [-0.3, -0.25) is 4.90 Å². The Bertz CT molecular complexity index is 1230. The van der Waals surface area contributed by atoms with Gasteiger partial charge in [-0.15, -0.1) is 0 Å². The molecular weight excluding hydrogens is 434 g/mol. The summed E-state index contributed by atoms with van der Waals surface area (Å²) in [6, 6.07) is 27.8. The molecule has 2 atom stereocenters. The quantitative estimate of drug-likeness (QED) is 0.607. The van der Waals surface area contributed by atoms with Crippen LogP contribution < -0.4 is 0 Å². The first-order valence-corrected chi connectivity index (χ1v) is 12.3. The number of rotatable bonds is 6. The first kappa shape index (κ1) is 23.1. The zero-order valence-corrected chi connectivity index (χ0v) is 19.3. The Labute approximate surface area is 195 Å². The molecule has 6 nitrogen and oxygen atoms in total. The molecule has 1 aliphatic rings. The number of nitriles is 1. The second-order valence-electron chi connectivity index (χ2n) is 8.45. The number of aliphatic hydroxyl groups excluding tert-OH is 1. The van der Waals surface area contributed by atoms with E-state index in [9.17, 15) is 18.8 Å². The highest BCUT2D eigenvalue weighted by Gasteiger charge is 2.50. The number of hydrogen-bond donors (Lipinski definition) is 1. The third-order valence-electron chi connectivity index (χ3n) is 6.25. The van der Waals surface area contributed by atoms with Crippen LogP contribution in [0.25, 0.3) is 0 Å². The maximum absolute atomic E-state index is 13.6. The summed E-state index contributed by atoms with van der Waals surface area (Å²) in [6.07, 6.45) is 0. The fraction of sp³-hybridized carbons (Fsp3) is 0.269. The molecule has 0 aliphatic carbocycles. The normalized spacial score (nSPS) is 22.0. The molecule has 1 fully saturated rings. The highest BCUT2D eigenvalue weighted by molar-refractivity contribution is 7.89. The molecule has 33 heavy (non-hydrogen) atoms. The standard InChI is InChI=1S/C26H27N3O3S/c1-21-12-14-24(15-13-21)33(31,32)28-17-25(23-10-6-3-7-11-23)29(26(18-27,19-28)20-30)16-22-8-4-2-5-9-22/h2-15,25,30H,16-17,19-20H2,1H3/t25-,26+/m1/s1. The number of piperazine rings is 1. The van der Waals surface area contributed by atoms with Gasteiger partial charge in [0, 0.05) is 19.6 Å². The van der Waals surface area contributed by atoms with Gasteiger partial charge in [0.15, 0.2) is 0 Å². The van der Waals surface area contributed by atoms with Gasteiger partial charge < -0.3 is 5.11 Å². The largest absolute Gasteiger partial charge is 0.393 e. The lowest BCUT2D eigenvalue weighted by atomic mass is 9.90. The van der Waals surface area contributed by atoms with Crippen molar-refractivity contribution in [1.82, 2.24) is 9.21 Å². The van der Waals surface area contributed by atoms with Gasteiger partial charge in [0.2, 0.25) is 10.0 Å². The first-order valence-electron chi connectivity index (χ1n) is 10.8. The lowest BCUT2D eigenvalue weighted by Crippen LogP contribution is -2.64. The van der Waals surface area contributed by atoms with Crippen molar-refractivity contribution < 1.29 is 13.5 Å². The van der Waals surface area contributed by atoms with Gasteiger partial charge in [-0.05, 0) is 30.2 Å². The van der Waals surface area contributed by atoms with Gasteiger partial charge >= 0.3 is 0 Å². The van der Waals surface area contributed by atoms with E-state index in [0.29, 0.717) is 6.54 Å². The molecule has 1 heterocycles. The third-order valence-corrected chi connectivity index (χ3v) is 8.07. The number of hydrogen-bond acceptors (Lipinski definition) is 5. The highest BCUT2D eigenvalue weighted by atomic mass is 32.2. The van der Waals surface area contributed by atoms with Crippen molar-refractivity contribution in [3.63, 3.8) is 0 Å². The maximum atomic E-state index is 13.6. The molecule has 3 aromatic carbocycles. The van der Waals surface area contributed by atoms with E-state index in [1.807, 2.05) is 72.5 Å². The molecule has 0 radical (unpaired) electrons. The maximum Gasteiger partial charge on any atom is 0.243 e. The Morgan fingerprint density at radius 1 is 1.00 bits per heavy atom. The van der Waals surface area contributed by atoms with Gasteiger partial charge in [-0.2, -0.15) is 9.57 Å². The van der Waals surface area contributed by atoms with Crippen LogP contribution >= 0.6 is 0 Å². The molecule has 0 aromatic heterocycles. The monoisotopic (exact) mass is 461 g/mol. The van der Waals surface area contributed by atoms with Crippen LogP contribution in [0.15, 0.2) is 89.8 Å². The van der Waals surface area contributed by atoms with E-state index in [1.165, 1.54) is 4.31 Å². The van der Waals surface area contributed by atoms with Crippen LogP contribution in [0.4, 0.5) is 0 Å². The van der Waals surface area contributed by atoms with E-state index in [2.05, 4.69) is 6.07 Å². The average molecular weight is 462 g/mol. The molecule has 4 rings (SSSR count). The second kappa shape index (κ2) is 9.46.